The van der Waals surface area contributed by atoms with Crippen LogP contribution in [0.15, 0.2) is 46.7 Å². The predicted octanol–water partition coefficient (Wildman–Crippen LogP) is 2.23. The van der Waals surface area contributed by atoms with E-state index < -0.39 is 23.2 Å². The molecule has 0 saturated heterocycles. The molecule has 3 nitrogen and oxygen atoms in total. The SMILES string of the molecule is Cc1c(Br)cccc1C1(C(N)=O)C=C(F)C=CC1N. The summed E-state index contributed by atoms with van der Waals surface area (Å²) in [6.45, 7) is 1.83. The van der Waals surface area contributed by atoms with Gasteiger partial charge in [0, 0.05) is 10.5 Å². The molecule has 4 N–H and O–H groups in total. The second-order valence-corrected chi connectivity index (χ2v) is 5.41. The van der Waals surface area contributed by atoms with Gasteiger partial charge in [-0.15, -0.1) is 0 Å². The third-order valence-electron chi connectivity index (χ3n) is 3.48. The number of benzene rings is 1. The van der Waals surface area contributed by atoms with E-state index in [1.54, 1.807) is 12.1 Å². The Labute approximate surface area is 119 Å². The first-order valence-electron chi connectivity index (χ1n) is 5.77. The molecule has 0 aromatic heterocycles. The van der Waals surface area contributed by atoms with Crippen LogP contribution in [0.3, 0.4) is 0 Å². The summed E-state index contributed by atoms with van der Waals surface area (Å²) >= 11 is 3.40. The molecule has 0 spiro atoms. The summed E-state index contributed by atoms with van der Waals surface area (Å²) in [4.78, 5) is 12.0. The van der Waals surface area contributed by atoms with Gasteiger partial charge < -0.3 is 11.5 Å². The molecule has 0 bridgehead atoms. The van der Waals surface area contributed by atoms with Gasteiger partial charge in [0.25, 0.3) is 0 Å². The summed E-state index contributed by atoms with van der Waals surface area (Å²) in [6, 6.07) is 4.66. The highest BCUT2D eigenvalue weighted by Gasteiger charge is 2.44. The zero-order valence-corrected chi connectivity index (χ0v) is 11.9. The quantitative estimate of drug-likeness (QED) is 0.875. The summed E-state index contributed by atoms with van der Waals surface area (Å²) in [5.74, 6) is -1.18. The van der Waals surface area contributed by atoms with Crippen LogP contribution >= 0.6 is 15.9 Å². The fourth-order valence-electron chi connectivity index (χ4n) is 2.39. The van der Waals surface area contributed by atoms with Crippen molar-refractivity contribution in [3.63, 3.8) is 0 Å². The van der Waals surface area contributed by atoms with Crippen LogP contribution in [0.2, 0.25) is 0 Å². The summed E-state index contributed by atoms with van der Waals surface area (Å²) in [7, 11) is 0. The monoisotopic (exact) mass is 324 g/mol. The zero-order chi connectivity index (χ0) is 14.2. The van der Waals surface area contributed by atoms with E-state index in [9.17, 15) is 9.18 Å². The molecule has 1 amide bonds. The van der Waals surface area contributed by atoms with Gasteiger partial charge in [0.15, 0.2) is 0 Å². The lowest BCUT2D eigenvalue weighted by Crippen LogP contribution is -2.53. The van der Waals surface area contributed by atoms with Crippen LogP contribution in [0.5, 0.6) is 0 Å². The first kappa shape index (κ1) is 14.0. The van der Waals surface area contributed by atoms with Crippen LogP contribution in [0, 0.1) is 6.92 Å². The van der Waals surface area contributed by atoms with E-state index in [1.807, 2.05) is 13.0 Å². The molecule has 100 valence electrons. The van der Waals surface area contributed by atoms with Gasteiger partial charge in [0.2, 0.25) is 5.91 Å². The number of carbonyl (C=O) groups is 1. The predicted molar refractivity (Wildman–Crippen MR) is 76.1 cm³/mol. The van der Waals surface area contributed by atoms with E-state index in [1.165, 1.54) is 18.2 Å². The average Bonchev–Trinajstić information content (AvgIpc) is 2.35. The van der Waals surface area contributed by atoms with Crippen molar-refractivity contribution >= 4 is 21.8 Å². The zero-order valence-electron chi connectivity index (χ0n) is 10.4. The maximum absolute atomic E-state index is 13.6. The number of halogens is 2. The molecule has 19 heavy (non-hydrogen) atoms. The van der Waals surface area contributed by atoms with Crippen molar-refractivity contribution in [2.75, 3.05) is 0 Å². The Morgan fingerprint density at radius 1 is 1.47 bits per heavy atom. The summed E-state index contributed by atoms with van der Waals surface area (Å²) < 4.78 is 14.4. The Hall–Kier alpha value is -1.46. The van der Waals surface area contributed by atoms with Crippen molar-refractivity contribution in [1.29, 1.82) is 0 Å². The Morgan fingerprint density at radius 3 is 2.79 bits per heavy atom. The average molecular weight is 325 g/mol. The van der Waals surface area contributed by atoms with E-state index >= 15 is 0 Å². The molecule has 1 aromatic rings. The smallest absolute Gasteiger partial charge is 0.233 e. The molecule has 2 atom stereocenters. The number of rotatable bonds is 2. The largest absolute Gasteiger partial charge is 0.369 e. The number of hydrogen-bond acceptors (Lipinski definition) is 2. The molecule has 0 fully saturated rings. The molecule has 1 aromatic carbocycles. The molecule has 0 aliphatic heterocycles. The summed E-state index contributed by atoms with van der Waals surface area (Å²) in [5, 5.41) is 0. The molecule has 0 saturated carbocycles. The number of primary amides is 1. The van der Waals surface area contributed by atoms with Crippen molar-refractivity contribution in [2.24, 2.45) is 11.5 Å². The third-order valence-corrected chi connectivity index (χ3v) is 4.33. The molecular weight excluding hydrogens is 311 g/mol. The van der Waals surface area contributed by atoms with Crippen LogP contribution in [-0.4, -0.2) is 11.9 Å². The van der Waals surface area contributed by atoms with Crippen LogP contribution in [-0.2, 0) is 10.2 Å². The molecule has 5 heteroatoms. The number of nitrogens with two attached hydrogens (primary N) is 2. The number of carbonyl (C=O) groups excluding carboxylic acids is 1. The third kappa shape index (κ3) is 2.13. The molecule has 2 rings (SSSR count). The van der Waals surface area contributed by atoms with Crippen molar-refractivity contribution in [3.05, 3.63) is 57.9 Å². The van der Waals surface area contributed by atoms with Gasteiger partial charge >= 0.3 is 0 Å². The van der Waals surface area contributed by atoms with Crippen LogP contribution < -0.4 is 11.5 Å². The van der Waals surface area contributed by atoms with E-state index in [2.05, 4.69) is 15.9 Å². The van der Waals surface area contributed by atoms with E-state index in [-0.39, 0.29) is 0 Å². The lowest BCUT2D eigenvalue weighted by molar-refractivity contribution is -0.122. The minimum absolute atomic E-state index is 0.514. The minimum atomic E-state index is -1.35. The van der Waals surface area contributed by atoms with E-state index in [0.29, 0.717) is 5.56 Å². The molecule has 1 aliphatic carbocycles. The number of allylic oxidation sites excluding steroid dienone is 2. The highest BCUT2D eigenvalue weighted by atomic mass is 79.9. The standard InChI is InChI=1S/C14H14BrFN2O/c1-8-10(3-2-4-11(8)15)14(13(18)19)7-9(16)5-6-12(14)17/h2-7,12H,17H2,1H3,(H2,18,19). The molecular formula is C14H14BrFN2O. The fraction of sp³-hybridized carbons (Fsp3) is 0.214. The number of amides is 1. The Bertz CT molecular complexity index is 597. The second-order valence-electron chi connectivity index (χ2n) is 4.56. The molecule has 0 heterocycles. The fourth-order valence-corrected chi connectivity index (χ4v) is 2.76. The Balaban J connectivity index is 2.74. The second kappa shape index (κ2) is 4.90. The van der Waals surface area contributed by atoms with Crippen molar-refractivity contribution in [1.82, 2.24) is 0 Å². The van der Waals surface area contributed by atoms with Crippen LogP contribution in [0.25, 0.3) is 0 Å². The first-order chi connectivity index (χ1) is 8.89. The lowest BCUT2D eigenvalue weighted by atomic mass is 9.70. The van der Waals surface area contributed by atoms with Gasteiger partial charge in [-0.2, -0.15) is 0 Å². The van der Waals surface area contributed by atoms with Crippen molar-refractivity contribution in [2.45, 2.75) is 18.4 Å². The van der Waals surface area contributed by atoms with Crippen molar-refractivity contribution in [3.8, 4) is 0 Å². The van der Waals surface area contributed by atoms with Gasteiger partial charge in [0.05, 0.1) is 0 Å². The van der Waals surface area contributed by atoms with Crippen LogP contribution in [0.1, 0.15) is 11.1 Å². The van der Waals surface area contributed by atoms with E-state index in [0.717, 1.165) is 10.0 Å². The van der Waals surface area contributed by atoms with Gasteiger partial charge in [-0.1, -0.05) is 34.1 Å². The Kier molecular flexibility index (Phi) is 3.60. The minimum Gasteiger partial charge on any atom is -0.369 e. The van der Waals surface area contributed by atoms with E-state index in [4.69, 9.17) is 11.5 Å². The van der Waals surface area contributed by atoms with Crippen molar-refractivity contribution < 1.29 is 9.18 Å². The van der Waals surface area contributed by atoms with Gasteiger partial charge in [0.1, 0.15) is 11.2 Å². The normalized spacial score (nSPS) is 26.1. The van der Waals surface area contributed by atoms with Crippen LogP contribution in [0.4, 0.5) is 4.39 Å². The summed E-state index contributed by atoms with van der Waals surface area (Å²) in [5.41, 5.74) is 11.6. The molecule has 1 aliphatic rings. The lowest BCUT2D eigenvalue weighted by Gasteiger charge is -2.35. The van der Waals surface area contributed by atoms with Gasteiger partial charge in [-0.25, -0.2) is 4.39 Å². The Morgan fingerprint density at radius 2 is 2.16 bits per heavy atom. The van der Waals surface area contributed by atoms with Gasteiger partial charge in [-0.05, 0) is 36.3 Å². The molecule has 2 unspecified atom stereocenters. The number of hydrogen-bond donors (Lipinski definition) is 2. The highest BCUT2D eigenvalue weighted by Crippen LogP contribution is 2.37. The first-order valence-corrected chi connectivity index (χ1v) is 6.56. The maximum Gasteiger partial charge on any atom is 0.233 e. The maximum atomic E-state index is 13.6. The molecule has 0 radical (unpaired) electrons. The topological polar surface area (TPSA) is 69.1 Å². The summed E-state index contributed by atoms with van der Waals surface area (Å²) in [6.07, 6.45) is 3.91. The highest BCUT2D eigenvalue weighted by molar-refractivity contribution is 9.10. The van der Waals surface area contributed by atoms with Gasteiger partial charge in [-0.3, -0.25) is 4.79 Å².